The number of hydrogen-bond donors (Lipinski definition) is 1. The first-order valence-electron chi connectivity index (χ1n) is 7.05. The molecule has 1 saturated heterocycles. The lowest BCUT2D eigenvalue weighted by Crippen LogP contribution is -2.49. The van der Waals surface area contributed by atoms with Crippen molar-refractivity contribution in [2.45, 2.75) is 12.6 Å². The molecule has 2 heterocycles. The highest BCUT2D eigenvalue weighted by Gasteiger charge is 2.33. The molecule has 1 aliphatic heterocycles. The summed E-state index contributed by atoms with van der Waals surface area (Å²) in [4.78, 5) is 25.4. The molecule has 0 spiro atoms. The molecule has 8 heteroatoms. The standard InChI is InChI=1S/C15H14FN3O3S/c16-11-3-1-4-12(19(21)22)10(11)9-18-7-6-17-15(20)14(18)13-5-2-8-23-13/h1-5,8,14H,6-7,9H2,(H,17,20)/t14-/m1/s1. The molecule has 1 aromatic carbocycles. The SMILES string of the molecule is O=C1NCCN(Cc2c(F)cccc2[N+](=O)[O-])[C@@H]1c1cccs1. The Morgan fingerprint density at radius 3 is 2.91 bits per heavy atom. The van der Waals surface area contributed by atoms with E-state index in [-0.39, 0.29) is 23.7 Å². The number of nitrogens with one attached hydrogen (secondary N) is 1. The fraction of sp³-hybridized carbons (Fsp3) is 0.267. The van der Waals surface area contributed by atoms with Crippen molar-refractivity contribution in [2.24, 2.45) is 0 Å². The van der Waals surface area contributed by atoms with E-state index in [4.69, 9.17) is 0 Å². The van der Waals surface area contributed by atoms with Gasteiger partial charge in [0.2, 0.25) is 5.91 Å². The number of benzene rings is 1. The first kappa shape index (κ1) is 15.6. The zero-order valence-electron chi connectivity index (χ0n) is 12.1. The van der Waals surface area contributed by atoms with Gasteiger partial charge in [0.15, 0.2) is 0 Å². The van der Waals surface area contributed by atoms with Crippen molar-refractivity contribution in [3.05, 3.63) is 62.1 Å². The number of nitro groups is 1. The van der Waals surface area contributed by atoms with E-state index in [1.54, 1.807) is 4.90 Å². The van der Waals surface area contributed by atoms with Gasteiger partial charge >= 0.3 is 0 Å². The highest BCUT2D eigenvalue weighted by Crippen LogP contribution is 2.31. The fourth-order valence-corrected chi connectivity index (χ4v) is 3.58. The summed E-state index contributed by atoms with van der Waals surface area (Å²) in [6.45, 7) is 0.946. The molecule has 1 aromatic heterocycles. The van der Waals surface area contributed by atoms with Crippen molar-refractivity contribution in [2.75, 3.05) is 13.1 Å². The maximum Gasteiger partial charge on any atom is 0.276 e. The van der Waals surface area contributed by atoms with Gasteiger partial charge in [-0.15, -0.1) is 11.3 Å². The Morgan fingerprint density at radius 2 is 2.22 bits per heavy atom. The maximum absolute atomic E-state index is 14.1. The Kier molecular flexibility index (Phi) is 4.35. The molecular weight excluding hydrogens is 321 g/mol. The molecule has 0 saturated carbocycles. The molecule has 0 radical (unpaired) electrons. The summed E-state index contributed by atoms with van der Waals surface area (Å²) in [7, 11) is 0. The third kappa shape index (κ3) is 3.08. The number of amides is 1. The van der Waals surface area contributed by atoms with E-state index < -0.39 is 16.8 Å². The second kappa shape index (κ2) is 6.43. The van der Waals surface area contributed by atoms with Gasteiger partial charge in [0.05, 0.1) is 10.5 Å². The van der Waals surface area contributed by atoms with Crippen LogP contribution in [0.25, 0.3) is 0 Å². The molecule has 0 bridgehead atoms. The van der Waals surface area contributed by atoms with Crippen LogP contribution in [0.3, 0.4) is 0 Å². The molecule has 0 aliphatic carbocycles. The third-order valence-corrected chi connectivity index (χ3v) is 4.70. The number of thiophene rings is 1. The van der Waals surface area contributed by atoms with Gasteiger partial charge in [0.1, 0.15) is 11.9 Å². The molecule has 23 heavy (non-hydrogen) atoms. The van der Waals surface area contributed by atoms with E-state index in [9.17, 15) is 19.3 Å². The lowest BCUT2D eigenvalue weighted by atomic mass is 10.1. The van der Waals surface area contributed by atoms with Crippen molar-refractivity contribution in [3.63, 3.8) is 0 Å². The molecule has 2 aromatic rings. The Labute approximate surface area is 135 Å². The number of piperazine rings is 1. The van der Waals surface area contributed by atoms with Gasteiger partial charge in [0.25, 0.3) is 5.69 Å². The number of carbonyl (C=O) groups excluding carboxylic acids is 1. The first-order chi connectivity index (χ1) is 11.1. The Bertz CT molecular complexity index is 736. The van der Waals surface area contributed by atoms with Crippen molar-refractivity contribution in [3.8, 4) is 0 Å². The number of nitro benzene ring substituents is 1. The van der Waals surface area contributed by atoms with Crippen LogP contribution in [0.15, 0.2) is 35.7 Å². The van der Waals surface area contributed by atoms with E-state index in [0.717, 1.165) is 4.88 Å². The number of halogens is 1. The second-order valence-corrected chi connectivity index (χ2v) is 6.15. The van der Waals surface area contributed by atoms with Crippen LogP contribution in [0.1, 0.15) is 16.5 Å². The molecule has 0 unspecified atom stereocenters. The van der Waals surface area contributed by atoms with E-state index in [1.807, 2.05) is 17.5 Å². The summed E-state index contributed by atoms with van der Waals surface area (Å²) in [6.07, 6.45) is 0. The summed E-state index contributed by atoms with van der Waals surface area (Å²) in [5.41, 5.74) is -0.255. The first-order valence-corrected chi connectivity index (χ1v) is 7.93. The Hall–Kier alpha value is -2.32. The van der Waals surface area contributed by atoms with Crippen molar-refractivity contribution in [1.29, 1.82) is 0 Å². The minimum absolute atomic E-state index is 0.00811. The molecule has 6 nitrogen and oxygen atoms in total. The molecule has 1 fully saturated rings. The molecule has 120 valence electrons. The third-order valence-electron chi connectivity index (χ3n) is 3.78. The van der Waals surface area contributed by atoms with Crippen LogP contribution >= 0.6 is 11.3 Å². The second-order valence-electron chi connectivity index (χ2n) is 5.17. The van der Waals surface area contributed by atoms with Crippen molar-refractivity contribution in [1.82, 2.24) is 10.2 Å². The quantitative estimate of drug-likeness (QED) is 0.688. The van der Waals surface area contributed by atoms with Crippen LogP contribution in [0.4, 0.5) is 10.1 Å². The number of nitrogens with zero attached hydrogens (tertiary/aromatic N) is 2. The summed E-state index contributed by atoms with van der Waals surface area (Å²) < 4.78 is 14.1. The van der Waals surface area contributed by atoms with Crippen molar-refractivity contribution < 1.29 is 14.1 Å². The predicted octanol–water partition coefficient (Wildman–Crippen LogP) is 2.47. The molecule has 1 aliphatic rings. The summed E-state index contributed by atoms with van der Waals surface area (Å²) in [6, 6.07) is 6.92. The van der Waals surface area contributed by atoms with Gasteiger partial charge in [-0.2, -0.15) is 0 Å². The van der Waals surface area contributed by atoms with Crippen LogP contribution in [0.5, 0.6) is 0 Å². The van der Waals surface area contributed by atoms with Gasteiger partial charge in [-0.3, -0.25) is 19.8 Å². The summed E-state index contributed by atoms with van der Waals surface area (Å²) in [5.74, 6) is -0.798. The molecule has 1 amide bonds. The van der Waals surface area contributed by atoms with Crippen LogP contribution in [-0.4, -0.2) is 28.8 Å². The van der Waals surface area contributed by atoms with Crippen LogP contribution in [0.2, 0.25) is 0 Å². The number of hydrogen-bond acceptors (Lipinski definition) is 5. The van der Waals surface area contributed by atoms with Gasteiger partial charge in [-0.25, -0.2) is 4.39 Å². The van der Waals surface area contributed by atoms with Crippen LogP contribution < -0.4 is 5.32 Å². The van der Waals surface area contributed by atoms with Crippen molar-refractivity contribution >= 4 is 22.9 Å². The van der Waals surface area contributed by atoms with Gasteiger partial charge < -0.3 is 5.32 Å². The minimum atomic E-state index is -0.630. The smallest absolute Gasteiger partial charge is 0.276 e. The summed E-state index contributed by atoms with van der Waals surface area (Å²) in [5, 5.41) is 15.8. The maximum atomic E-state index is 14.1. The molecular formula is C15H14FN3O3S. The zero-order chi connectivity index (χ0) is 16.4. The highest BCUT2D eigenvalue weighted by molar-refractivity contribution is 7.10. The van der Waals surface area contributed by atoms with Gasteiger partial charge in [0, 0.05) is 30.6 Å². The minimum Gasteiger partial charge on any atom is -0.353 e. The zero-order valence-corrected chi connectivity index (χ0v) is 12.9. The highest BCUT2D eigenvalue weighted by atomic mass is 32.1. The number of carbonyl (C=O) groups is 1. The average molecular weight is 335 g/mol. The largest absolute Gasteiger partial charge is 0.353 e. The number of rotatable bonds is 4. The lowest BCUT2D eigenvalue weighted by Gasteiger charge is -2.34. The monoisotopic (exact) mass is 335 g/mol. The Morgan fingerprint density at radius 1 is 1.39 bits per heavy atom. The summed E-state index contributed by atoms with van der Waals surface area (Å²) >= 11 is 1.43. The molecule has 3 rings (SSSR count). The van der Waals surface area contributed by atoms with Crippen LogP contribution in [0, 0.1) is 15.9 Å². The van der Waals surface area contributed by atoms with Gasteiger partial charge in [-0.05, 0) is 17.5 Å². The van der Waals surface area contributed by atoms with E-state index in [1.165, 1.54) is 29.5 Å². The topological polar surface area (TPSA) is 75.5 Å². The predicted molar refractivity (Wildman–Crippen MR) is 83.5 cm³/mol. The van der Waals surface area contributed by atoms with Crippen LogP contribution in [-0.2, 0) is 11.3 Å². The van der Waals surface area contributed by atoms with Gasteiger partial charge in [-0.1, -0.05) is 12.1 Å². The lowest BCUT2D eigenvalue weighted by molar-refractivity contribution is -0.386. The Balaban J connectivity index is 1.95. The molecule has 1 atom stereocenters. The average Bonchev–Trinajstić information content (AvgIpc) is 3.03. The fourth-order valence-electron chi connectivity index (χ4n) is 2.72. The normalized spacial score (nSPS) is 18.7. The van der Waals surface area contributed by atoms with E-state index in [0.29, 0.717) is 13.1 Å². The van der Waals surface area contributed by atoms with E-state index >= 15 is 0 Å². The van der Waals surface area contributed by atoms with E-state index in [2.05, 4.69) is 5.32 Å². The molecule has 1 N–H and O–H groups in total.